The molecule has 4 heteroatoms. The Hall–Kier alpha value is -1.55. The summed E-state index contributed by atoms with van der Waals surface area (Å²) in [7, 11) is 0. The zero-order chi connectivity index (χ0) is 16.9. The lowest BCUT2D eigenvalue weighted by Crippen LogP contribution is -2.36. The predicted molar refractivity (Wildman–Crippen MR) is 95.9 cm³/mol. The maximum atomic E-state index is 12.8. The van der Waals surface area contributed by atoms with Crippen molar-refractivity contribution in [3.63, 3.8) is 0 Å². The van der Waals surface area contributed by atoms with Gasteiger partial charge in [0, 0.05) is 24.6 Å². The SMILES string of the molecule is CCN(CC)Cc1ccc2c(c1)CN(C(=O)C1CCCC1)CCO2. The van der Waals surface area contributed by atoms with Crippen LogP contribution in [-0.4, -0.2) is 41.9 Å². The van der Waals surface area contributed by atoms with Crippen molar-refractivity contribution < 1.29 is 9.53 Å². The van der Waals surface area contributed by atoms with Crippen LogP contribution in [0.3, 0.4) is 0 Å². The van der Waals surface area contributed by atoms with Crippen LogP contribution in [0.1, 0.15) is 50.7 Å². The van der Waals surface area contributed by atoms with Crippen LogP contribution in [0, 0.1) is 5.92 Å². The first-order valence-corrected chi connectivity index (χ1v) is 9.47. The van der Waals surface area contributed by atoms with E-state index in [2.05, 4.69) is 36.9 Å². The molecule has 0 spiro atoms. The molecule has 1 saturated carbocycles. The average molecular weight is 330 g/mol. The third-order valence-corrected chi connectivity index (χ3v) is 5.42. The van der Waals surface area contributed by atoms with E-state index in [-0.39, 0.29) is 5.92 Å². The molecule has 0 bridgehead atoms. The Morgan fingerprint density at radius 1 is 1.25 bits per heavy atom. The molecule has 0 aromatic heterocycles. The van der Waals surface area contributed by atoms with Crippen molar-refractivity contribution in [2.24, 2.45) is 5.92 Å². The molecule has 0 saturated heterocycles. The highest BCUT2D eigenvalue weighted by molar-refractivity contribution is 5.79. The van der Waals surface area contributed by atoms with Gasteiger partial charge in [-0.05, 0) is 43.6 Å². The monoisotopic (exact) mass is 330 g/mol. The quantitative estimate of drug-likeness (QED) is 0.829. The highest BCUT2D eigenvalue weighted by Gasteiger charge is 2.29. The van der Waals surface area contributed by atoms with Crippen molar-refractivity contribution in [2.75, 3.05) is 26.2 Å². The standard InChI is InChI=1S/C20H30N2O2/c1-3-21(4-2)14-16-9-10-19-18(13-16)15-22(11-12-24-19)20(23)17-7-5-6-8-17/h9-10,13,17H,3-8,11-12,14-15H2,1-2H3. The van der Waals surface area contributed by atoms with Gasteiger partial charge in [-0.1, -0.05) is 32.8 Å². The molecule has 2 aliphatic rings. The van der Waals surface area contributed by atoms with Crippen molar-refractivity contribution in [2.45, 2.75) is 52.6 Å². The van der Waals surface area contributed by atoms with E-state index >= 15 is 0 Å². The molecule has 0 N–H and O–H groups in total. The number of hydrogen-bond donors (Lipinski definition) is 0. The number of carbonyl (C=O) groups is 1. The molecule has 1 fully saturated rings. The summed E-state index contributed by atoms with van der Waals surface area (Å²) < 4.78 is 5.90. The summed E-state index contributed by atoms with van der Waals surface area (Å²) >= 11 is 0. The number of hydrogen-bond acceptors (Lipinski definition) is 3. The van der Waals surface area contributed by atoms with Crippen LogP contribution in [0.2, 0.25) is 0 Å². The normalized spacial score (nSPS) is 18.4. The first-order chi connectivity index (χ1) is 11.7. The lowest BCUT2D eigenvalue weighted by atomic mass is 10.0. The number of nitrogens with zero attached hydrogens (tertiary/aromatic N) is 2. The van der Waals surface area contributed by atoms with Crippen LogP contribution in [0.5, 0.6) is 5.75 Å². The van der Waals surface area contributed by atoms with Gasteiger partial charge in [0.2, 0.25) is 5.91 Å². The van der Waals surface area contributed by atoms with Crippen LogP contribution in [0.4, 0.5) is 0 Å². The first-order valence-electron chi connectivity index (χ1n) is 9.47. The van der Waals surface area contributed by atoms with Gasteiger partial charge >= 0.3 is 0 Å². The van der Waals surface area contributed by atoms with Crippen LogP contribution >= 0.6 is 0 Å². The van der Waals surface area contributed by atoms with Crippen LogP contribution in [0.25, 0.3) is 0 Å². The molecule has 1 amide bonds. The second kappa shape index (κ2) is 8.02. The fraction of sp³-hybridized carbons (Fsp3) is 0.650. The molecule has 1 aliphatic heterocycles. The van der Waals surface area contributed by atoms with E-state index in [9.17, 15) is 4.79 Å². The molecule has 1 aromatic carbocycles. The van der Waals surface area contributed by atoms with Crippen molar-refractivity contribution in [1.29, 1.82) is 0 Å². The van der Waals surface area contributed by atoms with Crippen molar-refractivity contribution in [3.05, 3.63) is 29.3 Å². The van der Waals surface area contributed by atoms with Crippen LogP contribution in [0.15, 0.2) is 18.2 Å². The Labute approximate surface area is 145 Å². The fourth-order valence-corrected chi connectivity index (χ4v) is 3.87. The Morgan fingerprint density at radius 3 is 2.71 bits per heavy atom. The summed E-state index contributed by atoms with van der Waals surface area (Å²) in [6.45, 7) is 9.44. The minimum Gasteiger partial charge on any atom is -0.491 e. The van der Waals surface area contributed by atoms with Crippen molar-refractivity contribution in [3.8, 4) is 5.75 Å². The number of rotatable bonds is 5. The molecule has 0 unspecified atom stereocenters. The van der Waals surface area contributed by atoms with E-state index in [1.807, 2.05) is 4.90 Å². The minimum atomic E-state index is 0.241. The molecule has 24 heavy (non-hydrogen) atoms. The lowest BCUT2D eigenvalue weighted by molar-refractivity contribution is -0.136. The number of benzene rings is 1. The Bertz CT molecular complexity index is 563. The second-order valence-electron chi connectivity index (χ2n) is 6.99. The zero-order valence-electron chi connectivity index (χ0n) is 15.1. The van der Waals surface area contributed by atoms with Gasteiger partial charge in [-0.3, -0.25) is 9.69 Å². The number of fused-ring (bicyclic) bond motifs is 1. The van der Waals surface area contributed by atoms with Crippen LogP contribution < -0.4 is 4.74 Å². The van der Waals surface area contributed by atoms with Crippen molar-refractivity contribution >= 4 is 5.91 Å². The molecule has 3 rings (SSSR count). The predicted octanol–water partition coefficient (Wildman–Crippen LogP) is 3.44. The summed E-state index contributed by atoms with van der Waals surface area (Å²) in [6, 6.07) is 6.47. The molecule has 0 atom stereocenters. The van der Waals surface area contributed by atoms with E-state index in [0.717, 1.165) is 43.8 Å². The molecule has 1 heterocycles. The fourth-order valence-electron chi connectivity index (χ4n) is 3.87. The Morgan fingerprint density at radius 2 is 2.00 bits per heavy atom. The minimum absolute atomic E-state index is 0.241. The smallest absolute Gasteiger partial charge is 0.226 e. The largest absolute Gasteiger partial charge is 0.491 e. The molecule has 0 radical (unpaired) electrons. The Kier molecular flexibility index (Phi) is 5.77. The maximum Gasteiger partial charge on any atom is 0.226 e. The topological polar surface area (TPSA) is 32.8 Å². The second-order valence-corrected chi connectivity index (χ2v) is 6.99. The van der Waals surface area contributed by atoms with E-state index in [0.29, 0.717) is 25.6 Å². The van der Waals surface area contributed by atoms with E-state index < -0.39 is 0 Å². The number of ether oxygens (including phenoxy) is 1. The van der Waals surface area contributed by atoms with Gasteiger partial charge in [0.25, 0.3) is 0 Å². The number of carbonyl (C=O) groups excluding carboxylic acids is 1. The molecule has 4 nitrogen and oxygen atoms in total. The van der Waals surface area contributed by atoms with Gasteiger partial charge in [-0.2, -0.15) is 0 Å². The summed E-state index contributed by atoms with van der Waals surface area (Å²) in [6.07, 6.45) is 4.52. The van der Waals surface area contributed by atoms with Gasteiger partial charge in [0.05, 0.1) is 6.54 Å². The number of amides is 1. The molecular formula is C20H30N2O2. The van der Waals surface area contributed by atoms with E-state index in [1.165, 1.54) is 18.4 Å². The average Bonchev–Trinajstić information content (AvgIpc) is 3.06. The third kappa shape index (κ3) is 3.92. The van der Waals surface area contributed by atoms with E-state index in [4.69, 9.17) is 4.74 Å². The molecule has 1 aromatic rings. The highest BCUT2D eigenvalue weighted by Crippen LogP contribution is 2.30. The van der Waals surface area contributed by atoms with Crippen LogP contribution in [-0.2, 0) is 17.9 Å². The highest BCUT2D eigenvalue weighted by atomic mass is 16.5. The summed E-state index contributed by atoms with van der Waals surface area (Å²) in [5, 5.41) is 0. The maximum absolute atomic E-state index is 12.8. The Balaban J connectivity index is 1.74. The summed E-state index contributed by atoms with van der Waals surface area (Å²) in [5.41, 5.74) is 2.46. The van der Waals surface area contributed by atoms with Gasteiger partial charge < -0.3 is 9.64 Å². The van der Waals surface area contributed by atoms with Gasteiger partial charge in [0.15, 0.2) is 0 Å². The first kappa shape index (κ1) is 17.3. The molecular weight excluding hydrogens is 300 g/mol. The lowest BCUT2D eigenvalue weighted by Gasteiger charge is -2.23. The van der Waals surface area contributed by atoms with Gasteiger partial charge in [-0.25, -0.2) is 0 Å². The zero-order valence-corrected chi connectivity index (χ0v) is 15.1. The van der Waals surface area contributed by atoms with Crippen molar-refractivity contribution in [1.82, 2.24) is 9.80 Å². The van der Waals surface area contributed by atoms with Gasteiger partial charge in [0.1, 0.15) is 12.4 Å². The third-order valence-electron chi connectivity index (χ3n) is 5.42. The van der Waals surface area contributed by atoms with Gasteiger partial charge in [-0.15, -0.1) is 0 Å². The summed E-state index contributed by atoms with van der Waals surface area (Å²) in [4.78, 5) is 17.2. The molecule has 1 aliphatic carbocycles. The summed E-state index contributed by atoms with van der Waals surface area (Å²) in [5.74, 6) is 1.52. The molecule has 132 valence electrons. The van der Waals surface area contributed by atoms with E-state index in [1.54, 1.807) is 0 Å².